The van der Waals surface area contributed by atoms with Gasteiger partial charge in [-0.3, -0.25) is 4.79 Å². The lowest BCUT2D eigenvalue weighted by molar-refractivity contribution is -0.222. The summed E-state index contributed by atoms with van der Waals surface area (Å²) in [6.45, 7) is 4.56. The van der Waals surface area contributed by atoms with Crippen molar-refractivity contribution in [1.82, 2.24) is 4.90 Å². The molecule has 2 aliphatic heterocycles. The van der Waals surface area contributed by atoms with Crippen LogP contribution in [0.5, 0.6) is 5.75 Å². The van der Waals surface area contributed by atoms with Crippen LogP contribution >= 0.6 is 0 Å². The average molecular weight is 374 g/mol. The van der Waals surface area contributed by atoms with Crippen LogP contribution in [0.1, 0.15) is 26.7 Å². The van der Waals surface area contributed by atoms with Gasteiger partial charge in [0.2, 0.25) is 0 Å². The number of nitrogens with one attached hydrogen (secondary N) is 1. The molecule has 2 fully saturated rings. The summed E-state index contributed by atoms with van der Waals surface area (Å²) in [7, 11) is 0. The van der Waals surface area contributed by atoms with Crippen molar-refractivity contribution < 1.29 is 28.6 Å². The van der Waals surface area contributed by atoms with Gasteiger partial charge >= 0.3 is 11.9 Å². The van der Waals surface area contributed by atoms with Crippen molar-refractivity contribution in [1.29, 1.82) is 0 Å². The fraction of sp³-hybridized carbons (Fsp3) is 0.421. The summed E-state index contributed by atoms with van der Waals surface area (Å²) in [6, 6.07) is 6.80. The number of hydrogen-bond donors (Lipinski definition) is 1. The SMILES string of the molecule is CC1(C)OC(=O)C(=CNc2ccc(OCC(=O)N3CCCC3)cc2)C(=O)O1. The van der Waals surface area contributed by atoms with E-state index in [9.17, 15) is 14.4 Å². The van der Waals surface area contributed by atoms with Crippen molar-refractivity contribution in [2.24, 2.45) is 0 Å². The van der Waals surface area contributed by atoms with E-state index in [1.807, 2.05) is 0 Å². The van der Waals surface area contributed by atoms with E-state index in [-0.39, 0.29) is 18.1 Å². The molecule has 144 valence electrons. The molecule has 2 aliphatic rings. The molecule has 2 saturated heterocycles. The Kier molecular flexibility index (Phi) is 5.34. The Morgan fingerprint density at radius 3 is 2.33 bits per heavy atom. The second-order valence-corrected chi connectivity index (χ2v) is 6.78. The molecule has 1 aromatic rings. The fourth-order valence-electron chi connectivity index (χ4n) is 2.78. The van der Waals surface area contributed by atoms with Crippen LogP contribution in [0.25, 0.3) is 0 Å². The van der Waals surface area contributed by atoms with Gasteiger partial charge < -0.3 is 24.4 Å². The molecule has 0 aromatic heterocycles. The molecule has 8 heteroatoms. The van der Waals surface area contributed by atoms with Gasteiger partial charge in [0, 0.05) is 38.8 Å². The molecule has 0 aliphatic carbocycles. The molecule has 0 radical (unpaired) electrons. The van der Waals surface area contributed by atoms with Crippen LogP contribution in [0.4, 0.5) is 5.69 Å². The molecule has 0 bridgehead atoms. The Morgan fingerprint density at radius 1 is 1.15 bits per heavy atom. The molecule has 27 heavy (non-hydrogen) atoms. The van der Waals surface area contributed by atoms with Gasteiger partial charge in [-0.1, -0.05) is 0 Å². The largest absolute Gasteiger partial charge is 0.484 e. The Balaban J connectivity index is 1.54. The van der Waals surface area contributed by atoms with E-state index in [0.29, 0.717) is 11.4 Å². The van der Waals surface area contributed by atoms with Crippen LogP contribution in [0.15, 0.2) is 36.0 Å². The molecule has 0 unspecified atom stereocenters. The van der Waals surface area contributed by atoms with Crippen LogP contribution in [-0.4, -0.2) is 48.2 Å². The highest BCUT2D eigenvalue weighted by molar-refractivity contribution is 6.15. The molecule has 3 rings (SSSR count). The number of carbonyl (C=O) groups is 3. The van der Waals surface area contributed by atoms with Gasteiger partial charge in [0.25, 0.3) is 11.7 Å². The van der Waals surface area contributed by atoms with Gasteiger partial charge in [-0.15, -0.1) is 0 Å². The minimum absolute atomic E-state index is 0.00426. The Labute approximate surface area is 157 Å². The van der Waals surface area contributed by atoms with Crippen molar-refractivity contribution in [2.45, 2.75) is 32.5 Å². The van der Waals surface area contributed by atoms with Crippen molar-refractivity contribution in [2.75, 3.05) is 25.0 Å². The molecule has 0 spiro atoms. The standard InChI is InChI=1S/C19H22N2O6/c1-19(2)26-17(23)15(18(24)27-19)11-20-13-5-7-14(8-6-13)25-12-16(22)21-9-3-4-10-21/h5-8,11,20H,3-4,9-10,12H2,1-2H3. The first-order valence-corrected chi connectivity index (χ1v) is 8.78. The summed E-state index contributed by atoms with van der Waals surface area (Å²) in [5.41, 5.74) is 0.414. The summed E-state index contributed by atoms with van der Waals surface area (Å²) in [5.74, 6) is -2.22. The van der Waals surface area contributed by atoms with E-state index in [1.165, 1.54) is 20.0 Å². The first-order valence-electron chi connectivity index (χ1n) is 8.78. The van der Waals surface area contributed by atoms with Gasteiger partial charge in [0.15, 0.2) is 12.2 Å². The number of rotatable bonds is 5. The molecular formula is C19H22N2O6. The van der Waals surface area contributed by atoms with Crippen LogP contribution in [-0.2, 0) is 23.9 Å². The van der Waals surface area contributed by atoms with Crippen molar-refractivity contribution in [3.05, 3.63) is 36.0 Å². The van der Waals surface area contributed by atoms with Crippen molar-refractivity contribution >= 4 is 23.5 Å². The number of anilines is 1. The molecule has 1 amide bonds. The number of cyclic esters (lactones) is 2. The van der Waals surface area contributed by atoms with Crippen LogP contribution in [0, 0.1) is 0 Å². The molecule has 0 saturated carbocycles. The zero-order valence-electron chi connectivity index (χ0n) is 15.3. The summed E-state index contributed by atoms with van der Waals surface area (Å²) < 4.78 is 15.5. The monoisotopic (exact) mass is 374 g/mol. The lowest BCUT2D eigenvalue weighted by Gasteiger charge is -2.29. The Bertz CT molecular complexity index is 741. The van der Waals surface area contributed by atoms with E-state index < -0.39 is 17.7 Å². The van der Waals surface area contributed by atoms with Gasteiger partial charge in [-0.25, -0.2) is 9.59 Å². The molecule has 8 nitrogen and oxygen atoms in total. The van der Waals surface area contributed by atoms with E-state index >= 15 is 0 Å². The first-order chi connectivity index (χ1) is 12.8. The lowest BCUT2D eigenvalue weighted by Crippen LogP contribution is -2.42. The quantitative estimate of drug-likeness (QED) is 0.477. The Morgan fingerprint density at radius 2 is 1.74 bits per heavy atom. The Hall–Kier alpha value is -3.03. The number of likely N-dealkylation sites (tertiary alicyclic amines) is 1. The maximum Gasteiger partial charge on any atom is 0.350 e. The number of hydrogen-bond acceptors (Lipinski definition) is 7. The molecule has 0 atom stereocenters. The summed E-state index contributed by atoms with van der Waals surface area (Å²) >= 11 is 0. The molecule has 1 N–H and O–H groups in total. The van der Waals surface area contributed by atoms with Gasteiger partial charge in [-0.2, -0.15) is 0 Å². The van der Waals surface area contributed by atoms with E-state index in [2.05, 4.69) is 5.32 Å². The lowest BCUT2D eigenvalue weighted by atomic mass is 10.2. The summed E-state index contributed by atoms with van der Waals surface area (Å²) in [5, 5.41) is 2.84. The highest BCUT2D eigenvalue weighted by Gasteiger charge is 2.38. The number of benzene rings is 1. The predicted molar refractivity (Wildman–Crippen MR) is 95.7 cm³/mol. The third-order valence-corrected chi connectivity index (χ3v) is 4.18. The van der Waals surface area contributed by atoms with E-state index in [0.717, 1.165) is 25.9 Å². The van der Waals surface area contributed by atoms with E-state index in [1.54, 1.807) is 29.2 Å². The number of carbonyl (C=O) groups excluding carboxylic acids is 3. The molecular weight excluding hydrogens is 352 g/mol. The second-order valence-electron chi connectivity index (χ2n) is 6.78. The maximum atomic E-state index is 12.0. The fourth-order valence-corrected chi connectivity index (χ4v) is 2.78. The second kappa shape index (κ2) is 7.69. The van der Waals surface area contributed by atoms with Gasteiger partial charge in [-0.05, 0) is 37.1 Å². The zero-order chi connectivity index (χ0) is 19.4. The van der Waals surface area contributed by atoms with Crippen LogP contribution in [0.3, 0.4) is 0 Å². The number of nitrogens with zero attached hydrogens (tertiary/aromatic N) is 1. The van der Waals surface area contributed by atoms with Crippen molar-refractivity contribution in [3.63, 3.8) is 0 Å². The highest BCUT2D eigenvalue weighted by Crippen LogP contribution is 2.23. The maximum absolute atomic E-state index is 12.0. The minimum atomic E-state index is -1.27. The summed E-state index contributed by atoms with van der Waals surface area (Å²) in [4.78, 5) is 37.5. The van der Waals surface area contributed by atoms with E-state index in [4.69, 9.17) is 14.2 Å². The minimum Gasteiger partial charge on any atom is -0.484 e. The van der Waals surface area contributed by atoms with Gasteiger partial charge in [0.05, 0.1) is 0 Å². The highest BCUT2D eigenvalue weighted by atomic mass is 16.7. The van der Waals surface area contributed by atoms with Crippen molar-refractivity contribution in [3.8, 4) is 5.75 Å². The third-order valence-electron chi connectivity index (χ3n) is 4.18. The normalized spacial score (nSPS) is 18.6. The first kappa shape index (κ1) is 18.8. The van der Waals surface area contributed by atoms with Crippen LogP contribution in [0.2, 0.25) is 0 Å². The number of ether oxygens (including phenoxy) is 3. The van der Waals surface area contributed by atoms with Gasteiger partial charge in [0.1, 0.15) is 5.75 Å². The third kappa shape index (κ3) is 4.78. The predicted octanol–water partition coefficient (Wildman–Crippen LogP) is 1.82. The average Bonchev–Trinajstić information content (AvgIpc) is 3.13. The number of esters is 2. The zero-order valence-corrected chi connectivity index (χ0v) is 15.3. The molecule has 2 heterocycles. The molecule has 1 aromatic carbocycles. The number of amides is 1. The summed E-state index contributed by atoms with van der Waals surface area (Å²) in [6.07, 6.45) is 3.33. The smallest absolute Gasteiger partial charge is 0.350 e. The topological polar surface area (TPSA) is 94.2 Å². The van der Waals surface area contributed by atoms with Crippen LogP contribution < -0.4 is 10.1 Å².